The molecule has 290 valence electrons. The molecule has 55 heavy (non-hydrogen) atoms. The van der Waals surface area contributed by atoms with Crippen LogP contribution in [0.3, 0.4) is 0 Å². The molecular formula is C40H41F3N4O8. The first-order valence-corrected chi connectivity index (χ1v) is 17.3. The maximum absolute atomic E-state index is 14.2. The van der Waals surface area contributed by atoms with Gasteiger partial charge in [-0.2, -0.15) is 13.2 Å². The third-order valence-corrected chi connectivity index (χ3v) is 9.10. The van der Waals surface area contributed by atoms with Crippen LogP contribution >= 0.6 is 0 Å². The molecule has 0 saturated heterocycles. The van der Waals surface area contributed by atoms with Gasteiger partial charge >= 0.3 is 18.2 Å². The van der Waals surface area contributed by atoms with E-state index in [1.54, 1.807) is 48.5 Å². The van der Waals surface area contributed by atoms with E-state index in [2.05, 4.69) is 10.6 Å². The van der Waals surface area contributed by atoms with Gasteiger partial charge in [0.2, 0.25) is 5.91 Å². The average Bonchev–Trinajstić information content (AvgIpc) is 3.50. The number of hydrazine groups is 1. The highest BCUT2D eigenvalue weighted by Gasteiger charge is 2.42. The molecule has 1 aliphatic carbocycles. The Labute approximate surface area is 315 Å². The predicted octanol–water partition coefficient (Wildman–Crippen LogP) is 5.00. The molecule has 0 spiro atoms. The molecule has 0 fully saturated rings. The molecule has 4 N–H and O–H groups in total. The Hall–Kier alpha value is -6.09. The van der Waals surface area contributed by atoms with Crippen LogP contribution in [0.1, 0.15) is 34.6 Å². The highest BCUT2D eigenvalue weighted by atomic mass is 19.4. The number of rotatable bonds is 16. The fraction of sp³-hybridized carbons (Fsp3) is 0.300. The molecule has 0 aliphatic heterocycles. The van der Waals surface area contributed by atoms with Gasteiger partial charge in [-0.25, -0.2) is 15.0 Å². The lowest BCUT2D eigenvalue weighted by atomic mass is 9.98. The summed E-state index contributed by atoms with van der Waals surface area (Å²) in [5.41, 5.74) is 8.95. The maximum Gasteiger partial charge on any atom is 0.407 e. The van der Waals surface area contributed by atoms with Crippen LogP contribution in [0.15, 0.2) is 97.1 Å². The largest absolute Gasteiger partial charge is 0.493 e. The number of methoxy groups -OCH3 is 3. The Kier molecular flexibility index (Phi) is 13.3. The Morgan fingerprint density at radius 2 is 1.31 bits per heavy atom. The summed E-state index contributed by atoms with van der Waals surface area (Å²) in [6, 6.07) is 23.4. The molecule has 3 amide bonds. The van der Waals surface area contributed by atoms with Gasteiger partial charge in [-0.05, 0) is 45.5 Å². The highest BCUT2D eigenvalue weighted by Crippen LogP contribution is 2.44. The molecule has 0 aromatic heterocycles. The topological polar surface area (TPSA) is 153 Å². The van der Waals surface area contributed by atoms with Crippen LogP contribution < -0.4 is 31.0 Å². The van der Waals surface area contributed by atoms with E-state index >= 15 is 0 Å². The summed E-state index contributed by atoms with van der Waals surface area (Å²) in [6.07, 6.45) is -7.44. The Morgan fingerprint density at radius 1 is 0.709 bits per heavy atom. The van der Waals surface area contributed by atoms with Crippen LogP contribution in [0.2, 0.25) is 0 Å². The van der Waals surface area contributed by atoms with Gasteiger partial charge in [0.1, 0.15) is 24.7 Å². The monoisotopic (exact) mass is 762 g/mol. The molecule has 4 aromatic carbocycles. The first-order chi connectivity index (χ1) is 26.4. The molecule has 0 bridgehead atoms. The van der Waals surface area contributed by atoms with Crippen molar-refractivity contribution in [2.24, 2.45) is 0 Å². The number of carbonyl (C=O) groups excluding carboxylic acids is 4. The second kappa shape index (κ2) is 18.3. The number of nitrogens with one attached hydrogen (secondary N) is 4. The summed E-state index contributed by atoms with van der Waals surface area (Å²) in [7, 11) is 3.94. The van der Waals surface area contributed by atoms with Crippen LogP contribution in [0.5, 0.6) is 11.5 Å². The quantitative estimate of drug-likeness (QED) is 0.0914. The van der Waals surface area contributed by atoms with Crippen molar-refractivity contribution >= 4 is 23.9 Å². The number of carbonyl (C=O) groups is 4. The third kappa shape index (κ3) is 10.3. The lowest BCUT2D eigenvalue weighted by molar-refractivity contribution is -0.165. The molecule has 3 atom stereocenters. The minimum atomic E-state index is -5.02. The van der Waals surface area contributed by atoms with E-state index in [0.717, 1.165) is 29.4 Å². The van der Waals surface area contributed by atoms with Gasteiger partial charge in [-0.1, -0.05) is 84.9 Å². The Balaban J connectivity index is 1.28. The number of ether oxygens (including phenoxy) is 4. The van der Waals surface area contributed by atoms with Crippen LogP contribution in [0, 0.1) is 0 Å². The highest BCUT2D eigenvalue weighted by molar-refractivity contribution is 5.87. The number of hydrogen-bond donors (Lipinski definition) is 4. The molecule has 0 saturated carbocycles. The van der Waals surface area contributed by atoms with Gasteiger partial charge in [0, 0.05) is 18.8 Å². The van der Waals surface area contributed by atoms with E-state index in [9.17, 15) is 32.3 Å². The number of amides is 3. The van der Waals surface area contributed by atoms with Crippen molar-refractivity contribution in [2.75, 3.05) is 27.9 Å². The lowest BCUT2D eigenvalue weighted by Crippen LogP contribution is -2.58. The van der Waals surface area contributed by atoms with Gasteiger partial charge in [0.25, 0.3) is 5.91 Å². The minimum Gasteiger partial charge on any atom is -0.493 e. The first-order valence-electron chi connectivity index (χ1n) is 17.3. The van der Waals surface area contributed by atoms with Crippen LogP contribution in [0.25, 0.3) is 11.1 Å². The third-order valence-electron chi connectivity index (χ3n) is 9.10. The zero-order valence-electron chi connectivity index (χ0n) is 30.3. The van der Waals surface area contributed by atoms with Crippen LogP contribution in [-0.4, -0.2) is 76.1 Å². The maximum atomic E-state index is 14.2. The van der Waals surface area contributed by atoms with E-state index in [0.29, 0.717) is 22.6 Å². The zero-order chi connectivity index (χ0) is 39.5. The number of benzene rings is 4. The number of alkyl halides is 3. The van der Waals surface area contributed by atoms with Gasteiger partial charge in [0.15, 0.2) is 11.5 Å². The number of fused-ring (bicyclic) bond motifs is 3. The molecule has 5 rings (SSSR count). The van der Waals surface area contributed by atoms with E-state index in [4.69, 9.17) is 18.9 Å². The average molecular weight is 763 g/mol. The molecule has 0 radical (unpaired) electrons. The lowest BCUT2D eigenvalue weighted by Gasteiger charge is -2.25. The van der Waals surface area contributed by atoms with Crippen LogP contribution in [0.4, 0.5) is 18.0 Å². The number of esters is 1. The van der Waals surface area contributed by atoms with E-state index in [-0.39, 0.29) is 25.4 Å². The Morgan fingerprint density at radius 3 is 1.91 bits per heavy atom. The second-order valence-corrected chi connectivity index (χ2v) is 12.7. The van der Waals surface area contributed by atoms with Crippen molar-refractivity contribution in [3.63, 3.8) is 0 Å². The van der Waals surface area contributed by atoms with Crippen molar-refractivity contribution in [2.45, 2.75) is 49.5 Å². The zero-order valence-corrected chi connectivity index (χ0v) is 30.3. The molecule has 15 heteroatoms. The van der Waals surface area contributed by atoms with Crippen molar-refractivity contribution < 1.29 is 51.3 Å². The van der Waals surface area contributed by atoms with Gasteiger partial charge in [-0.15, -0.1) is 0 Å². The summed E-state index contributed by atoms with van der Waals surface area (Å²) in [6.45, 7) is -0.0785. The summed E-state index contributed by atoms with van der Waals surface area (Å²) >= 11 is 0. The summed E-state index contributed by atoms with van der Waals surface area (Å²) in [5, 5.41) is 4.77. The Bertz CT molecular complexity index is 1930. The summed E-state index contributed by atoms with van der Waals surface area (Å²) in [4.78, 5) is 52.0. The smallest absolute Gasteiger partial charge is 0.407 e. The first kappa shape index (κ1) is 40.1. The van der Waals surface area contributed by atoms with E-state index in [1.807, 2.05) is 59.4 Å². The van der Waals surface area contributed by atoms with Gasteiger partial charge in [-0.3, -0.25) is 15.0 Å². The summed E-state index contributed by atoms with van der Waals surface area (Å²) in [5.74, 6) is -2.62. The minimum absolute atomic E-state index is 0.0283. The van der Waals surface area contributed by atoms with Gasteiger partial charge < -0.3 is 29.6 Å². The normalized spacial score (nSPS) is 13.6. The number of alkyl carbamates (subject to hydrolysis) is 1. The second-order valence-electron chi connectivity index (χ2n) is 12.7. The van der Waals surface area contributed by atoms with E-state index < -0.39 is 54.6 Å². The molecule has 1 aliphatic rings. The van der Waals surface area contributed by atoms with Crippen molar-refractivity contribution in [1.29, 1.82) is 0 Å². The van der Waals surface area contributed by atoms with Crippen LogP contribution in [-0.2, 0) is 36.7 Å². The fourth-order valence-corrected chi connectivity index (χ4v) is 6.35. The summed E-state index contributed by atoms with van der Waals surface area (Å²) < 4.78 is 63.6. The molecule has 0 heterocycles. The fourth-order valence-electron chi connectivity index (χ4n) is 6.35. The molecular weight excluding hydrogens is 721 g/mol. The van der Waals surface area contributed by atoms with Crippen molar-refractivity contribution in [3.05, 3.63) is 119 Å². The molecule has 12 nitrogen and oxygen atoms in total. The number of hydrogen-bond acceptors (Lipinski definition) is 9. The standard InChI is InChI=1S/C40H41F3N4O8/c1-52-33-18-17-25(21-34(33)53-2)20-31(45-39(51)55-23-30-28-15-9-7-13-26(28)27-14-8-10-16-29(27)30)37(49)47-46-35(40(41,42)43)22-36(48)44-32(38(50)54-3)19-24-11-5-4-6-12-24/h4-18,21,30-32,35,46H,19-20,22-23H2,1-3H3,(H,44,48)(H,45,51)(H,47,49). The SMILES string of the molecule is COC(=O)C(Cc1ccccc1)NC(=O)CC(NNC(=O)C(Cc1ccc(OC)c(OC)c1)NC(=O)OCC1c2ccccc2-c2ccccc21)C(F)(F)F. The molecule has 4 aromatic rings. The van der Waals surface area contributed by atoms with Crippen molar-refractivity contribution in [1.82, 2.24) is 21.5 Å². The van der Waals surface area contributed by atoms with Crippen molar-refractivity contribution in [3.8, 4) is 22.6 Å². The number of halogens is 3. The van der Waals surface area contributed by atoms with E-state index in [1.165, 1.54) is 14.2 Å². The van der Waals surface area contributed by atoms with Gasteiger partial charge in [0.05, 0.1) is 27.8 Å². The molecule has 3 unspecified atom stereocenters. The predicted molar refractivity (Wildman–Crippen MR) is 195 cm³/mol.